The molecule has 0 radical (unpaired) electrons. The number of aromatic nitrogens is 3. The molecule has 6 heteroatoms. The summed E-state index contributed by atoms with van der Waals surface area (Å²) in [6, 6.07) is 6.82. The van der Waals surface area contributed by atoms with Crippen LogP contribution in [0.1, 0.15) is 12.5 Å². The lowest BCUT2D eigenvalue weighted by Crippen LogP contribution is -1.91. The zero-order valence-electron chi connectivity index (χ0n) is 12.3. The van der Waals surface area contributed by atoms with E-state index in [2.05, 4.69) is 15.1 Å². The van der Waals surface area contributed by atoms with Gasteiger partial charge in [-0.1, -0.05) is 5.16 Å². The van der Waals surface area contributed by atoms with Gasteiger partial charge in [-0.3, -0.25) is 4.98 Å². The molecule has 2 heterocycles. The normalized spacial score (nSPS) is 10.6. The first-order valence-corrected chi connectivity index (χ1v) is 6.90. The van der Waals surface area contributed by atoms with E-state index in [0.29, 0.717) is 29.6 Å². The van der Waals surface area contributed by atoms with Crippen molar-refractivity contribution >= 4 is 0 Å². The van der Waals surface area contributed by atoms with Crippen LogP contribution < -0.4 is 4.74 Å². The van der Waals surface area contributed by atoms with Crippen molar-refractivity contribution in [2.45, 2.75) is 13.8 Å². The Balaban J connectivity index is 1.94. The molecule has 0 atom stereocenters. The van der Waals surface area contributed by atoms with Gasteiger partial charge in [-0.15, -0.1) is 0 Å². The van der Waals surface area contributed by atoms with Crippen LogP contribution in [0, 0.1) is 6.92 Å². The van der Waals surface area contributed by atoms with Crippen LogP contribution in [-0.2, 0) is 0 Å². The Morgan fingerprint density at radius 3 is 2.86 bits per heavy atom. The van der Waals surface area contributed by atoms with Crippen LogP contribution in [0.15, 0.2) is 41.2 Å². The molecule has 1 N–H and O–H groups in total. The first-order chi connectivity index (χ1) is 10.7. The van der Waals surface area contributed by atoms with Gasteiger partial charge in [-0.05, 0) is 43.7 Å². The summed E-state index contributed by atoms with van der Waals surface area (Å²) in [4.78, 5) is 8.41. The van der Waals surface area contributed by atoms with Crippen molar-refractivity contribution in [3.63, 3.8) is 0 Å². The summed E-state index contributed by atoms with van der Waals surface area (Å²) in [5.74, 6) is 1.29. The summed E-state index contributed by atoms with van der Waals surface area (Å²) in [6.45, 7) is 4.27. The van der Waals surface area contributed by atoms with Crippen LogP contribution in [0.25, 0.3) is 22.8 Å². The number of ether oxygens (including phenoxy) is 1. The molecule has 6 nitrogen and oxygen atoms in total. The Morgan fingerprint density at radius 1 is 1.27 bits per heavy atom. The average molecular weight is 297 g/mol. The van der Waals surface area contributed by atoms with Gasteiger partial charge in [0.15, 0.2) is 11.5 Å². The molecule has 3 aromatic rings. The van der Waals surface area contributed by atoms with Crippen molar-refractivity contribution in [1.82, 2.24) is 15.1 Å². The molecule has 1 aromatic carbocycles. The van der Waals surface area contributed by atoms with Crippen LogP contribution in [0.2, 0.25) is 0 Å². The smallest absolute Gasteiger partial charge is 0.258 e. The number of nitrogens with zero attached hydrogens (tertiary/aromatic N) is 3. The van der Waals surface area contributed by atoms with E-state index in [-0.39, 0.29) is 5.75 Å². The van der Waals surface area contributed by atoms with E-state index < -0.39 is 0 Å². The highest BCUT2D eigenvalue weighted by molar-refractivity contribution is 5.64. The van der Waals surface area contributed by atoms with E-state index in [1.54, 1.807) is 30.6 Å². The molecule has 0 saturated carbocycles. The lowest BCUT2D eigenvalue weighted by Gasteiger charge is -2.05. The van der Waals surface area contributed by atoms with Crippen LogP contribution >= 0.6 is 0 Å². The zero-order valence-corrected chi connectivity index (χ0v) is 12.3. The Kier molecular flexibility index (Phi) is 3.74. The molecule has 0 saturated heterocycles. The first kappa shape index (κ1) is 14.1. The van der Waals surface area contributed by atoms with Gasteiger partial charge in [0, 0.05) is 23.5 Å². The van der Waals surface area contributed by atoms with Crippen LogP contribution in [0.5, 0.6) is 11.5 Å². The van der Waals surface area contributed by atoms with E-state index in [0.717, 1.165) is 11.1 Å². The lowest BCUT2D eigenvalue weighted by atomic mass is 10.1. The van der Waals surface area contributed by atoms with E-state index >= 15 is 0 Å². The Bertz CT molecular complexity index is 799. The average Bonchev–Trinajstić information content (AvgIpc) is 2.99. The predicted octanol–water partition coefficient (Wildman–Crippen LogP) is 3.21. The van der Waals surface area contributed by atoms with Gasteiger partial charge >= 0.3 is 0 Å². The summed E-state index contributed by atoms with van der Waals surface area (Å²) in [5, 5.41) is 13.9. The highest BCUT2D eigenvalue weighted by Gasteiger charge is 2.14. The number of phenols is 1. The number of hydrogen-bond donors (Lipinski definition) is 1. The van der Waals surface area contributed by atoms with Gasteiger partial charge in [0.2, 0.25) is 5.82 Å². The molecule has 0 spiro atoms. The van der Waals surface area contributed by atoms with Gasteiger partial charge in [-0.25, -0.2) is 0 Å². The molecule has 112 valence electrons. The second-order valence-electron chi connectivity index (χ2n) is 4.73. The van der Waals surface area contributed by atoms with Gasteiger partial charge in [0.1, 0.15) is 0 Å². The maximum atomic E-state index is 9.93. The Morgan fingerprint density at radius 2 is 2.14 bits per heavy atom. The number of hydrogen-bond acceptors (Lipinski definition) is 6. The molecule has 0 fully saturated rings. The minimum absolute atomic E-state index is 0.0409. The minimum Gasteiger partial charge on any atom is -0.504 e. The maximum absolute atomic E-state index is 9.93. The Hall–Kier alpha value is -2.89. The fourth-order valence-corrected chi connectivity index (χ4v) is 2.10. The van der Waals surface area contributed by atoms with E-state index in [1.165, 1.54) is 0 Å². The van der Waals surface area contributed by atoms with Crippen LogP contribution in [-0.4, -0.2) is 26.8 Å². The van der Waals surface area contributed by atoms with Crippen LogP contribution in [0.3, 0.4) is 0 Å². The van der Waals surface area contributed by atoms with Gasteiger partial charge < -0.3 is 14.4 Å². The summed E-state index contributed by atoms with van der Waals surface area (Å²) in [7, 11) is 0. The topological polar surface area (TPSA) is 81.3 Å². The van der Waals surface area contributed by atoms with E-state index in [1.807, 2.05) is 19.9 Å². The van der Waals surface area contributed by atoms with Crippen LogP contribution in [0.4, 0.5) is 0 Å². The maximum Gasteiger partial charge on any atom is 0.258 e. The molecular weight excluding hydrogens is 282 g/mol. The third kappa shape index (κ3) is 2.63. The first-order valence-electron chi connectivity index (χ1n) is 6.90. The molecule has 2 aromatic heterocycles. The molecule has 0 aliphatic heterocycles. The Labute approximate surface area is 127 Å². The van der Waals surface area contributed by atoms with Gasteiger partial charge in [-0.2, -0.15) is 4.98 Å². The molecule has 22 heavy (non-hydrogen) atoms. The van der Waals surface area contributed by atoms with Crippen molar-refractivity contribution in [1.29, 1.82) is 0 Å². The van der Waals surface area contributed by atoms with E-state index in [4.69, 9.17) is 9.26 Å². The number of aromatic hydroxyl groups is 1. The highest BCUT2D eigenvalue weighted by Crippen LogP contribution is 2.32. The fourth-order valence-electron chi connectivity index (χ4n) is 2.10. The molecule has 3 rings (SSSR count). The van der Waals surface area contributed by atoms with Crippen molar-refractivity contribution in [3.8, 4) is 34.3 Å². The molecule has 0 bridgehead atoms. The molecule has 0 amide bonds. The van der Waals surface area contributed by atoms with Crippen molar-refractivity contribution < 1.29 is 14.4 Å². The largest absolute Gasteiger partial charge is 0.504 e. The number of benzene rings is 1. The fraction of sp³-hybridized carbons (Fsp3) is 0.188. The monoisotopic (exact) mass is 297 g/mol. The number of aryl methyl sites for hydroxylation is 1. The summed E-state index contributed by atoms with van der Waals surface area (Å²) in [5.41, 5.74) is 2.45. The summed E-state index contributed by atoms with van der Waals surface area (Å²) >= 11 is 0. The van der Waals surface area contributed by atoms with E-state index in [9.17, 15) is 5.11 Å². The van der Waals surface area contributed by atoms with Gasteiger partial charge in [0.25, 0.3) is 5.89 Å². The summed E-state index contributed by atoms with van der Waals surface area (Å²) < 4.78 is 10.6. The van der Waals surface area contributed by atoms with Crippen molar-refractivity contribution in [3.05, 3.63) is 42.2 Å². The number of phenolic OH excluding ortho intramolecular Hbond substituents is 1. The molecule has 0 aliphatic carbocycles. The second kappa shape index (κ2) is 5.85. The van der Waals surface area contributed by atoms with Crippen molar-refractivity contribution in [2.24, 2.45) is 0 Å². The minimum atomic E-state index is 0.0409. The molecular formula is C16H15N3O3. The quantitative estimate of drug-likeness (QED) is 0.796. The number of rotatable bonds is 4. The van der Waals surface area contributed by atoms with Crippen molar-refractivity contribution in [2.75, 3.05) is 6.61 Å². The number of pyridine rings is 1. The molecule has 0 aliphatic rings. The zero-order chi connectivity index (χ0) is 15.5. The lowest BCUT2D eigenvalue weighted by molar-refractivity contribution is 0.318. The highest BCUT2D eigenvalue weighted by atomic mass is 16.5. The summed E-state index contributed by atoms with van der Waals surface area (Å²) in [6.07, 6.45) is 3.43. The third-order valence-corrected chi connectivity index (χ3v) is 3.19. The standard InChI is InChI=1S/C16H15N3O3/c1-3-21-14-5-4-11(8-13(14)20)16-18-15(19-22-16)12-6-7-17-9-10(12)2/h4-9,20H,3H2,1-2H3. The predicted molar refractivity (Wildman–Crippen MR) is 80.5 cm³/mol. The van der Waals surface area contributed by atoms with Gasteiger partial charge in [0.05, 0.1) is 6.61 Å². The third-order valence-electron chi connectivity index (χ3n) is 3.19. The second-order valence-corrected chi connectivity index (χ2v) is 4.73. The SMILES string of the molecule is CCOc1ccc(-c2nc(-c3ccncc3C)no2)cc1O. The molecule has 0 unspecified atom stereocenters.